The van der Waals surface area contributed by atoms with Crippen molar-refractivity contribution >= 4 is 44.8 Å². The number of esters is 1. The maximum atomic E-state index is 13.6. The van der Waals surface area contributed by atoms with Gasteiger partial charge in [0, 0.05) is 5.56 Å². The highest BCUT2D eigenvalue weighted by molar-refractivity contribution is 7.92. The molecule has 3 rings (SSSR count). The second-order valence-electron chi connectivity index (χ2n) is 10.6. The van der Waals surface area contributed by atoms with Crippen LogP contribution in [0.4, 0.5) is 15.8 Å². The van der Waals surface area contributed by atoms with Crippen LogP contribution in [0, 0.1) is 16.6 Å². The zero-order valence-corrected chi connectivity index (χ0v) is 22.4. The van der Waals surface area contributed by atoms with E-state index in [1.54, 1.807) is 41.5 Å². The molecule has 2 aromatic carbocycles. The summed E-state index contributed by atoms with van der Waals surface area (Å²) in [6, 6.07) is 8.59. The van der Waals surface area contributed by atoms with Gasteiger partial charge in [-0.3, -0.25) is 14.3 Å². The number of hydrogen-bond acceptors (Lipinski definition) is 7. The van der Waals surface area contributed by atoms with E-state index in [1.165, 1.54) is 37.3 Å². The normalized spacial score (nSPS) is 15.2. The number of carbonyl (C=O) groups is 3. The second-order valence-corrected chi connectivity index (χ2v) is 12.3. The van der Waals surface area contributed by atoms with Gasteiger partial charge in [-0.15, -0.1) is 5.06 Å². The molecule has 0 radical (unpaired) electrons. The van der Waals surface area contributed by atoms with Crippen molar-refractivity contribution in [1.29, 1.82) is 0 Å². The monoisotopic (exact) mass is 532 g/mol. The number of sulfonamides is 1. The van der Waals surface area contributed by atoms with Crippen LogP contribution in [-0.2, 0) is 34.0 Å². The standard InChI is InChI=1S/C26H29FN2O7S/c1-15(35-23(31)25(2,3)4)21-19-12-11-17(28-37(33,34)18-10-8-9-16(27)13-18)14-20(19)29(22(21)30)36-24(32)26(5,6)7/h8-14,28H,1-7H3/b21-15-. The minimum Gasteiger partial charge on any atom is -0.430 e. The van der Waals surface area contributed by atoms with Gasteiger partial charge in [0.05, 0.1) is 32.7 Å². The van der Waals surface area contributed by atoms with Crippen molar-refractivity contribution in [2.24, 2.45) is 10.8 Å². The Bertz CT molecular complexity index is 1420. The van der Waals surface area contributed by atoms with E-state index in [2.05, 4.69) is 4.72 Å². The predicted molar refractivity (Wildman–Crippen MR) is 135 cm³/mol. The molecule has 0 bridgehead atoms. The number of rotatable bonds is 5. The zero-order chi connectivity index (χ0) is 27.9. The van der Waals surface area contributed by atoms with Crippen LogP contribution in [0.25, 0.3) is 5.57 Å². The van der Waals surface area contributed by atoms with Crippen LogP contribution in [0.1, 0.15) is 54.0 Å². The van der Waals surface area contributed by atoms with Crippen molar-refractivity contribution in [3.63, 3.8) is 0 Å². The molecule has 0 saturated heterocycles. The Morgan fingerprint density at radius 3 is 2.14 bits per heavy atom. The first kappa shape index (κ1) is 27.9. The fourth-order valence-corrected chi connectivity index (χ4v) is 4.22. The molecule has 0 unspecified atom stereocenters. The molecule has 0 aliphatic carbocycles. The third kappa shape index (κ3) is 5.99. The van der Waals surface area contributed by atoms with Gasteiger partial charge in [-0.1, -0.05) is 6.07 Å². The summed E-state index contributed by atoms with van der Waals surface area (Å²) in [5.41, 5.74) is -1.48. The number of hydrogen-bond donors (Lipinski definition) is 1. The molecule has 37 heavy (non-hydrogen) atoms. The summed E-state index contributed by atoms with van der Waals surface area (Å²) in [7, 11) is -4.18. The molecular weight excluding hydrogens is 503 g/mol. The summed E-state index contributed by atoms with van der Waals surface area (Å²) < 4.78 is 46.9. The van der Waals surface area contributed by atoms with Crippen LogP contribution in [0.15, 0.2) is 53.1 Å². The first-order chi connectivity index (χ1) is 16.9. The summed E-state index contributed by atoms with van der Waals surface area (Å²) in [6.07, 6.45) is 0. The minimum atomic E-state index is -4.18. The van der Waals surface area contributed by atoms with Crippen LogP contribution in [0.3, 0.4) is 0 Å². The molecular formula is C26H29FN2O7S. The molecule has 1 heterocycles. The maximum Gasteiger partial charge on any atom is 0.338 e. The van der Waals surface area contributed by atoms with Crippen LogP contribution < -0.4 is 9.79 Å². The van der Waals surface area contributed by atoms with Crippen LogP contribution in [0.2, 0.25) is 0 Å². The van der Waals surface area contributed by atoms with Crippen molar-refractivity contribution in [3.8, 4) is 0 Å². The fourth-order valence-electron chi connectivity index (χ4n) is 3.14. The number of allylic oxidation sites excluding steroid dienone is 1. The quantitative estimate of drug-likeness (QED) is 0.334. The first-order valence-corrected chi connectivity index (χ1v) is 12.8. The van der Waals surface area contributed by atoms with Crippen molar-refractivity contribution < 1.29 is 36.8 Å². The highest BCUT2D eigenvalue weighted by atomic mass is 32.2. The van der Waals surface area contributed by atoms with E-state index >= 15 is 0 Å². The number of nitrogens with zero attached hydrogens (tertiary/aromatic N) is 1. The number of nitrogens with one attached hydrogen (secondary N) is 1. The fraction of sp³-hybridized carbons (Fsp3) is 0.346. The lowest BCUT2D eigenvalue weighted by atomic mass is 9.97. The summed E-state index contributed by atoms with van der Waals surface area (Å²) >= 11 is 0. The number of anilines is 2. The molecule has 1 aliphatic rings. The third-order valence-electron chi connectivity index (χ3n) is 5.24. The van der Waals surface area contributed by atoms with E-state index in [1.807, 2.05) is 0 Å². The molecule has 198 valence electrons. The molecule has 0 atom stereocenters. The molecule has 1 aliphatic heterocycles. The molecule has 0 fully saturated rings. The third-order valence-corrected chi connectivity index (χ3v) is 6.62. The highest BCUT2D eigenvalue weighted by Crippen LogP contribution is 2.41. The largest absolute Gasteiger partial charge is 0.430 e. The number of amides is 1. The van der Waals surface area contributed by atoms with E-state index in [0.29, 0.717) is 0 Å². The van der Waals surface area contributed by atoms with Gasteiger partial charge in [-0.05, 0) is 84.9 Å². The Morgan fingerprint density at radius 1 is 0.946 bits per heavy atom. The lowest BCUT2D eigenvalue weighted by Gasteiger charge is -2.22. The van der Waals surface area contributed by atoms with Gasteiger partial charge in [0.2, 0.25) is 0 Å². The van der Waals surface area contributed by atoms with E-state index in [-0.39, 0.29) is 33.2 Å². The molecule has 1 amide bonds. The molecule has 2 aromatic rings. The van der Waals surface area contributed by atoms with Crippen molar-refractivity contribution in [2.45, 2.75) is 53.4 Å². The van der Waals surface area contributed by atoms with Crippen molar-refractivity contribution in [2.75, 3.05) is 9.79 Å². The Balaban J connectivity index is 2.08. The summed E-state index contributed by atoms with van der Waals surface area (Å²) in [5.74, 6) is -2.79. The first-order valence-electron chi connectivity index (χ1n) is 11.3. The van der Waals surface area contributed by atoms with Gasteiger partial charge >= 0.3 is 11.9 Å². The molecule has 0 aromatic heterocycles. The second kappa shape index (κ2) is 9.62. The van der Waals surface area contributed by atoms with Gasteiger partial charge in [0.25, 0.3) is 15.9 Å². The van der Waals surface area contributed by atoms with Gasteiger partial charge in [-0.25, -0.2) is 17.6 Å². The Labute approximate surface area is 215 Å². The van der Waals surface area contributed by atoms with Crippen LogP contribution in [0.5, 0.6) is 0 Å². The van der Waals surface area contributed by atoms with Crippen molar-refractivity contribution in [3.05, 3.63) is 59.6 Å². The topological polar surface area (TPSA) is 119 Å². The van der Waals surface area contributed by atoms with Gasteiger partial charge < -0.3 is 9.57 Å². The average Bonchev–Trinajstić information content (AvgIpc) is 3.03. The Kier molecular flexibility index (Phi) is 7.24. The summed E-state index contributed by atoms with van der Waals surface area (Å²) in [4.78, 5) is 43.5. The van der Waals surface area contributed by atoms with Crippen LogP contribution in [-0.4, -0.2) is 26.3 Å². The SMILES string of the molecule is C/C(OC(=O)C(C)(C)C)=C1/C(=O)N(OC(=O)C(C)(C)C)c2cc(NS(=O)(=O)c3cccc(F)c3)ccc21. The average molecular weight is 533 g/mol. The number of fused-ring (bicyclic) bond motifs is 1. The van der Waals surface area contributed by atoms with E-state index in [0.717, 1.165) is 17.2 Å². The number of carbonyl (C=O) groups excluding carboxylic acids is 3. The molecule has 11 heteroatoms. The summed E-state index contributed by atoms with van der Waals surface area (Å²) in [5, 5.41) is 0.743. The molecule has 0 spiro atoms. The highest BCUT2D eigenvalue weighted by Gasteiger charge is 2.40. The lowest BCUT2D eigenvalue weighted by molar-refractivity contribution is -0.157. The van der Waals surface area contributed by atoms with Gasteiger partial charge in [-0.2, -0.15) is 0 Å². The van der Waals surface area contributed by atoms with E-state index in [4.69, 9.17) is 9.57 Å². The molecule has 9 nitrogen and oxygen atoms in total. The van der Waals surface area contributed by atoms with E-state index in [9.17, 15) is 27.2 Å². The number of hydroxylamine groups is 1. The summed E-state index contributed by atoms with van der Waals surface area (Å²) in [6.45, 7) is 11.2. The molecule has 0 saturated carbocycles. The van der Waals surface area contributed by atoms with Crippen molar-refractivity contribution in [1.82, 2.24) is 0 Å². The smallest absolute Gasteiger partial charge is 0.338 e. The number of ether oxygens (including phenoxy) is 1. The number of benzene rings is 2. The van der Waals surface area contributed by atoms with Gasteiger partial charge in [0.15, 0.2) is 0 Å². The van der Waals surface area contributed by atoms with Crippen LogP contribution >= 0.6 is 0 Å². The Morgan fingerprint density at radius 2 is 1.57 bits per heavy atom. The van der Waals surface area contributed by atoms with E-state index < -0.39 is 44.5 Å². The predicted octanol–water partition coefficient (Wildman–Crippen LogP) is 4.80. The Hall–Kier alpha value is -3.73. The van der Waals surface area contributed by atoms with Gasteiger partial charge in [0.1, 0.15) is 11.6 Å². The maximum absolute atomic E-state index is 13.6. The lowest BCUT2D eigenvalue weighted by Crippen LogP contribution is -2.35. The molecule has 1 N–H and O–H groups in total. The number of halogens is 1. The minimum absolute atomic E-state index is 0.00595. The zero-order valence-electron chi connectivity index (χ0n) is 21.6.